The van der Waals surface area contributed by atoms with Crippen LogP contribution in [-0.2, 0) is 25.1 Å². The third kappa shape index (κ3) is 3.27. The first-order valence-electron chi connectivity index (χ1n) is 8.77. The molecular formula is C20H20N2O6S. The molecule has 1 atom stereocenters. The summed E-state index contributed by atoms with van der Waals surface area (Å²) in [5.41, 5.74) is -0.637. The highest BCUT2D eigenvalue weighted by molar-refractivity contribution is 7.89. The van der Waals surface area contributed by atoms with Gasteiger partial charge in [0.2, 0.25) is 0 Å². The topological polar surface area (TPSA) is 107 Å². The SMILES string of the molecule is COC(=O)C1=C(C)N(S(=O)(=O)c2ccccc2[N+](=O)[O-])C(C)(c2ccccc2)C1. The summed E-state index contributed by atoms with van der Waals surface area (Å²) in [6.45, 7) is 3.20. The van der Waals surface area contributed by atoms with Gasteiger partial charge in [-0.3, -0.25) is 14.4 Å². The van der Waals surface area contributed by atoms with Crippen LogP contribution in [0.3, 0.4) is 0 Å². The minimum Gasteiger partial charge on any atom is -0.466 e. The van der Waals surface area contributed by atoms with E-state index in [1.54, 1.807) is 37.3 Å². The van der Waals surface area contributed by atoms with Crippen molar-refractivity contribution in [1.82, 2.24) is 4.31 Å². The van der Waals surface area contributed by atoms with Gasteiger partial charge in [0.05, 0.1) is 23.1 Å². The maximum absolute atomic E-state index is 13.7. The summed E-state index contributed by atoms with van der Waals surface area (Å²) in [4.78, 5) is 22.6. The van der Waals surface area contributed by atoms with E-state index in [-0.39, 0.29) is 17.7 Å². The Hall–Kier alpha value is -3.20. The average molecular weight is 416 g/mol. The van der Waals surface area contributed by atoms with Crippen molar-refractivity contribution in [3.63, 3.8) is 0 Å². The molecule has 2 aromatic rings. The number of benzene rings is 2. The van der Waals surface area contributed by atoms with Crippen LogP contribution in [0.15, 0.2) is 70.8 Å². The molecule has 0 saturated heterocycles. The Morgan fingerprint density at radius 2 is 1.72 bits per heavy atom. The number of nitrogens with zero attached hydrogens (tertiary/aromatic N) is 2. The lowest BCUT2D eigenvalue weighted by molar-refractivity contribution is -0.387. The van der Waals surface area contributed by atoms with Gasteiger partial charge in [-0.25, -0.2) is 13.2 Å². The number of nitro benzene ring substituents is 1. The van der Waals surface area contributed by atoms with Gasteiger partial charge in [0.15, 0.2) is 4.90 Å². The van der Waals surface area contributed by atoms with Crippen molar-refractivity contribution in [2.75, 3.05) is 7.11 Å². The predicted molar refractivity (Wildman–Crippen MR) is 105 cm³/mol. The van der Waals surface area contributed by atoms with Crippen molar-refractivity contribution >= 4 is 21.7 Å². The van der Waals surface area contributed by atoms with Crippen LogP contribution < -0.4 is 0 Å². The number of carbonyl (C=O) groups excluding carboxylic acids is 1. The molecule has 1 heterocycles. The molecule has 0 saturated carbocycles. The van der Waals surface area contributed by atoms with Crippen molar-refractivity contribution < 1.29 is 22.9 Å². The van der Waals surface area contributed by atoms with Gasteiger partial charge in [-0.2, -0.15) is 0 Å². The number of allylic oxidation sites excluding steroid dienone is 1. The fraction of sp³-hybridized carbons (Fsp3) is 0.250. The van der Waals surface area contributed by atoms with E-state index in [1.807, 2.05) is 0 Å². The van der Waals surface area contributed by atoms with E-state index < -0.39 is 37.0 Å². The lowest BCUT2D eigenvalue weighted by Crippen LogP contribution is -2.43. The molecule has 0 radical (unpaired) electrons. The minimum atomic E-state index is -4.37. The standard InChI is InChI=1S/C20H20N2O6S/c1-14-16(19(23)28-3)13-20(2,15-9-5-4-6-10-15)21(14)29(26,27)18-12-8-7-11-17(18)22(24)25/h4-12H,13H2,1-3H3. The highest BCUT2D eigenvalue weighted by Crippen LogP contribution is 2.48. The molecule has 1 aliphatic rings. The lowest BCUT2D eigenvalue weighted by Gasteiger charge is -2.37. The fourth-order valence-electron chi connectivity index (χ4n) is 3.77. The van der Waals surface area contributed by atoms with E-state index in [0.29, 0.717) is 5.56 Å². The zero-order chi connectivity index (χ0) is 21.4. The summed E-state index contributed by atoms with van der Waals surface area (Å²) in [5, 5.41) is 11.5. The molecule has 0 aromatic heterocycles. The van der Waals surface area contributed by atoms with Crippen LogP contribution in [0.5, 0.6) is 0 Å². The number of nitro groups is 1. The number of esters is 1. The van der Waals surface area contributed by atoms with Crippen LogP contribution in [0.4, 0.5) is 5.69 Å². The summed E-state index contributed by atoms with van der Waals surface area (Å²) >= 11 is 0. The lowest BCUT2D eigenvalue weighted by atomic mass is 9.88. The summed E-state index contributed by atoms with van der Waals surface area (Å²) in [6, 6.07) is 14.0. The van der Waals surface area contributed by atoms with Crippen LogP contribution in [0, 0.1) is 10.1 Å². The molecule has 0 aliphatic carbocycles. The molecule has 0 fully saturated rings. The third-order valence-electron chi connectivity index (χ3n) is 5.12. The minimum absolute atomic E-state index is 0.0788. The summed E-state index contributed by atoms with van der Waals surface area (Å²) in [7, 11) is -3.14. The Morgan fingerprint density at radius 1 is 1.14 bits per heavy atom. The molecule has 9 heteroatoms. The molecular weight excluding hydrogens is 396 g/mol. The van der Waals surface area contributed by atoms with E-state index in [9.17, 15) is 23.3 Å². The zero-order valence-corrected chi connectivity index (χ0v) is 17.0. The van der Waals surface area contributed by atoms with Crippen LogP contribution in [-0.4, -0.2) is 30.7 Å². The first kappa shape index (κ1) is 20.5. The molecule has 2 aromatic carbocycles. The first-order chi connectivity index (χ1) is 13.6. The van der Waals surface area contributed by atoms with Crippen molar-refractivity contribution in [2.45, 2.75) is 30.7 Å². The van der Waals surface area contributed by atoms with Gasteiger partial charge in [-0.15, -0.1) is 0 Å². The van der Waals surface area contributed by atoms with Crippen molar-refractivity contribution in [3.05, 3.63) is 81.5 Å². The normalized spacial score (nSPS) is 19.3. The van der Waals surface area contributed by atoms with Crippen LogP contribution in [0.25, 0.3) is 0 Å². The Bertz CT molecular complexity index is 1110. The molecule has 3 rings (SSSR count). The molecule has 29 heavy (non-hydrogen) atoms. The van der Waals surface area contributed by atoms with E-state index in [2.05, 4.69) is 0 Å². The van der Waals surface area contributed by atoms with Gasteiger partial charge in [-0.05, 0) is 25.5 Å². The second-order valence-corrected chi connectivity index (χ2v) is 8.62. The summed E-state index contributed by atoms with van der Waals surface area (Å²) in [5.74, 6) is -0.634. The summed E-state index contributed by atoms with van der Waals surface area (Å²) < 4.78 is 33.2. The monoisotopic (exact) mass is 416 g/mol. The summed E-state index contributed by atoms with van der Waals surface area (Å²) in [6.07, 6.45) is 0.0788. The molecule has 0 spiro atoms. The second kappa shape index (κ2) is 7.32. The average Bonchev–Trinajstić information content (AvgIpc) is 3.00. The zero-order valence-electron chi connectivity index (χ0n) is 16.2. The van der Waals surface area contributed by atoms with Crippen LogP contribution >= 0.6 is 0 Å². The van der Waals surface area contributed by atoms with Crippen molar-refractivity contribution in [2.24, 2.45) is 0 Å². The molecule has 8 nitrogen and oxygen atoms in total. The van der Waals surface area contributed by atoms with Gasteiger partial charge in [-0.1, -0.05) is 42.5 Å². The molecule has 152 valence electrons. The van der Waals surface area contributed by atoms with E-state index in [0.717, 1.165) is 10.4 Å². The van der Waals surface area contributed by atoms with Gasteiger partial charge >= 0.3 is 5.97 Å². The maximum atomic E-state index is 13.7. The molecule has 0 bridgehead atoms. The quantitative estimate of drug-likeness (QED) is 0.420. The van der Waals surface area contributed by atoms with Gasteiger partial charge in [0.1, 0.15) is 0 Å². The first-order valence-corrected chi connectivity index (χ1v) is 10.2. The highest BCUT2D eigenvalue weighted by atomic mass is 32.2. The van der Waals surface area contributed by atoms with Crippen LogP contribution in [0.2, 0.25) is 0 Å². The number of sulfonamides is 1. The largest absolute Gasteiger partial charge is 0.466 e. The number of rotatable bonds is 5. The fourth-order valence-corrected chi connectivity index (χ4v) is 5.79. The molecule has 0 N–H and O–H groups in total. The third-order valence-corrected chi connectivity index (χ3v) is 7.18. The van der Waals surface area contributed by atoms with E-state index >= 15 is 0 Å². The number of methoxy groups -OCH3 is 1. The Kier molecular flexibility index (Phi) is 5.18. The van der Waals surface area contributed by atoms with Crippen LogP contribution in [0.1, 0.15) is 25.8 Å². The van der Waals surface area contributed by atoms with Crippen molar-refractivity contribution in [3.8, 4) is 0 Å². The predicted octanol–water partition coefficient (Wildman–Crippen LogP) is 3.35. The Balaban J connectivity index is 2.28. The number of ether oxygens (including phenoxy) is 1. The smallest absolute Gasteiger partial charge is 0.335 e. The van der Waals surface area contributed by atoms with Gasteiger partial charge in [0, 0.05) is 18.2 Å². The van der Waals surface area contributed by atoms with Gasteiger partial charge in [0.25, 0.3) is 15.7 Å². The number of carbonyl (C=O) groups is 1. The molecule has 0 amide bonds. The van der Waals surface area contributed by atoms with Crippen molar-refractivity contribution in [1.29, 1.82) is 0 Å². The second-order valence-electron chi connectivity index (χ2n) is 6.87. The molecule has 1 unspecified atom stereocenters. The van der Waals surface area contributed by atoms with E-state index in [1.165, 1.54) is 32.2 Å². The van der Waals surface area contributed by atoms with E-state index in [4.69, 9.17) is 4.74 Å². The Morgan fingerprint density at radius 3 is 2.31 bits per heavy atom. The number of hydrogen-bond acceptors (Lipinski definition) is 6. The van der Waals surface area contributed by atoms with Gasteiger partial charge < -0.3 is 4.74 Å². The molecule has 1 aliphatic heterocycles. The Labute approximate surface area is 168 Å². The number of para-hydroxylation sites is 1. The number of hydrogen-bond donors (Lipinski definition) is 0. The highest BCUT2D eigenvalue weighted by Gasteiger charge is 2.50. The maximum Gasteiger partial charge on any atom is 0.335 e.